The van der Waals surface area contributed by atoms with Crippen LogP contribution in [-0.2, 0) is 14.8 Å². The van der Waals surface area contributed by atoms with Crippen LogP contribution in [0, 0.1) is 16.7 Å². The summed E-state index contributed by atoms with van der Waals surface area (Å²) in [6, 6.07) is 4.74. The maximum Gasteiger partial charge on any atom is 0.233 e. The lowest BCUT2D eigenvalue weighted by Gasteiger charge is -2.36. The van der Waals surface area contributed by atoms with Crippen LogP contribution in [0.2, 0.25) is 5.02 Å². The van der Waals surface area contributed by atoms with Crippen molar-refractivity contribution in [1.82, 2.24) is 0 Å². The van der Waals surface area contributed by atoms with E-state index < -0.39 is 15.4 Å². The molecule has 1 aromatic carbocycles. The number of rotatable bonds is 5. The van der Waals surface area contributed by atoms with Gasteiger partial charge >= 0.3 is 0 Å². The van der Waals surface area contributed by atoms with Crippen molar-refractivity contribution in [3.05, 3.63) is 23.2 Å². The number of fused-ring (bicyclic) bond motifs is 2. The summed E-state index contributed by atoms with van der Waals surface area (Å²) in [6.45, 7) is 4.04. The molecule has 24 heavy (non-hydrogen) atoms. The Balaban J connectivity index is 1.90. The van der Waals surface area contributed by atoms with Crippen molar-refractivity contribution in [2.45, 2.75) is 33.1 Å². The van der Waals surface area contributed by atoms with Crippen molar-refractivity contribution >= 4 is 33.1 Å². The average Bonchev–Trinajstić information content (AvgIpc) is 2.80. The van der Waals surface area contributed by atoms with Gasteiger partial charge in [-0.2, -0.15) is 0 Å². The van der Waals surface area contributed by atoms with Crippen LogP contribution in [0.15, 0.2) is 18.2 Å². The molecular formula is C17H22ClNO4S. The first-order chi connectivity index (χ1) is 11.1. The number of hydrogen-bond acceptors (Lipinski definition) is 4. The second-order valence-corrected chi connectivity index (χ2v) is 9.53. The van der Waals surface area contributed by atoms with E-state index in [1.54, 1.807) is 12.1 Å². The molecule has 2 atom stereocenters. The van der Waals surface area contributed by atoms with Gasteiger partial charge in [-0.15, -0.1) is 0 Å². The highest BCUT2D eigenvalue weighted by Crippen LogP contribution is 2.64. The number of anilines is 1. The van der Waals surface area contributed by atoms with Crippen LogP contribution in [-0.4, -0.2) is 27.1 Å². The highest BCUT2D eigenvalue weighted by molar-refractivity contribution is 7.92. The summed E-state index contributed by atoms with van der Waals surface area (Å²) < 4.78 is 33.3. The fraction of sp³-hybridized carbons (Fsp3) is 0.588. The monoisotopic (exact) mass is 371 g/mol. The topological polar surface area (TPSA) is 72.5 Å². The Bertz CT molecular complexity index is 790. The molecule has 0 aromatic heterocycles. The van der Waals surface area contributed by atoms with Gasteiger partial charge in [-0.1, -0.05) is 25.4 Å². The molecule has 2 fully saturated rings. The van der Waals surface area contributed by atoms with E-state index >= 15 is 0 Å². The minimum absolute atomic E-state index is 0.0761. The van der Waals surface area contributed by atoms with Crippen LogP contribution in [0.1, 0.15) is 33.1 Å². The Hall–Kier alpha value is -1.27. The fourth-order valence-electron chi connectivity index (χ4n) is 4.40. The molecule has 1 aromatic rings. The third-order valence-electron chi connectivity index (χ3n) is 6.00. The number of methoxy groups -OCH3 is 1. The van der Waals surface area contributed by atoms with E-state index in [9.17, 15) is 13.2 Å². The van der Waals surface area contributed by atoms with Gasteiger partial charge in [-0.05, 0) is 42.4 Å². The van der Waals surface area contributed by atoms with Crippen molar-refractivity contribution in [2.75, 3.05) is 17.6 Å². The van der Waals surface area contributed by atoms with Gasteiger partial charge in [0.1, 0.15) is 11.5 Å². The first-order valence-corrected chi connectivity index (χ1v) is 10.0. The Kier molecular flexibility index (Phi) is 4.12. The molecule has 0 spiro atoms. The van der Waals surface area contributed by atoms with Gasteiger partial charge in [0.05, 0.1) is 24.0 Å². The lowest BCUT2D eigenvalue weighted by molar-refractivity contribution is -0.128. The van der Waals surface area contributed by atoms with Gasteiger partial charge in [-0.25, -0.2) is 8.42 Å². The maximum atomic E-state index is 12.8. The van der Waals surface area contributed by atoms with Gasteiger partial charge in [0.2, 0.25) is 10.0 Å². The Morgan fingerprint density at radius 1 is 1.38 bits per heavy atom. The van der Waals surface area contributed by atoms with Gasteiger partial charge in [0, 0.05) is 11.4 Å². The summed E-state index contributed by atoms with van der Waals surface area (Å²) in [6.07, 6.45) is 2.04. The molecule has 1 N–H and O–H groups in total. The quantitative estimate of drug-likeness (QED) is 0.859. The van der Waals surface area contributed by atoms with Crippen molar-refractivity contribution < 1.29 is 17.9 Å². The number of nitrogens with one attached hydrogen (secondary N) is 1. The third-order valence-corrected chi connectivity index (χ3v) is 7.64. The van der Waals surface area contributed by atoms with Gasteiger partial charge in [-0.3, -0.25) is 9.52 Å². The van der Waals surface area contributed by atoms with Crippen LogP contribution in [0.5, 0.6) is 5.75 Å². The van der Waals surface area contributed by atoms with Crippen LogP contribution in [0.3, 0.4) is 0 Å². The van der Waals surface area contributed by atoms with E-state index in [1.807, 2.05) is 13.8 Å². The first kappa shape index (κ1) is 17.5. The summed E-state index contributed by atoms with van der Waals surface area (Å²) >= 11 is 5.96. The SMILES string of the molecule is COc1ccc(Cl)cc1NS(=O)(=O)C[C@]12CC[C@@H](CC1=O)C2(C)C. The van der Waals surface area contributed by atoms with E-state index in [-0.39, 0.29) is 22.9 Å². The second kappa shape index (κ2) is 5.63. The number of Topliss-reactive ketones (excluding diaryl/α,β-unsaturated/α-hetero) is 1. The average molecular weight is 372 g/mol. The van der Waals surface area contributed by atoms with E-state index in [1.165, 1.54) is 13.2 Å². The van der Waals surface area contributed by atoms with E-state index in [0.717, 1.165) is 6.42 Å². The predicted molar refractivity (Wildman–Crippen MR) is 94.0 cm³/mol. The molecule has 2 bridgehead atoms. The predicted octanol–water partition coefficient (Wildman–Crippen LogP) is 3.49. The van der Waals surface area contributed by atoms with E-state index in [4.69, 9.17) is 16.3 Å². The molecule has 2 aliphatic carbocycles. The molecule has 0 saturated heterocycles. The zero-order valence-electron chi connectivity index (χ0n) is 14.1. The number of carbonyl (C=O) groups is 1. The molecule has 2 saturated carbocycles. The number of ether oxygens (including phenoxy) is 1. The number of carbonyl (C=O) groups excluding carboxylic acids is 1. The minimum Gasteiger partial charge on any atom is -0.495 e. The number of halogens is 1. The fourth-order valence-corrected chi connectivity index (χ4v) is 6.46. The van der Waals surface area contributed by atoms with Gasteiger partial charge < -0.3 is 4.74 Å². The van der Waals surface area contributed by atoms with Crippen molar-refractivity contribution in [3.8, 4) is 5.75 Å². The molecule has 0 unspecified atom stereocenters. The molecule has 0 amide bonds. The van der Waals surface area contributed by atoms with Crippen molar-refractivity contribution in [2.24, 2.45) is 16.7 Å². The number of hydrogen-bond donors (Lipinski definition) is 1. The van der Waals surface area contributed by atoms with Crippen LogP contribution < -0.4 is 9.46 Å². The summed E-state index contributed by atoms with van der Waals surface area (Å²) in [5.74, 6) is 0.549. The third kappa shape index (κ3) is 2.60. The zero-order chi connectivity index (χ0) is 17.8. The van der Waals surface area contributed by atoms with Gasteiger partial charge in [0.25, 0.3) is 0 Å². The molecule has 0 heterocycles. The second-order valence-electron chi connectivity index (χ2n) is 7.37. The Labute approximate surface area is 147 Å². The lowest BCUT2D eigenvalue weighted by Crippen LogP contribution is -2.43. The minimum atomic E-state index is -3.72. The Morgan fingerprint density at radius 2 is 2.08 bits per heavy atom. The summed E-state index contributed by atoms with van der Waals surface area (Å²) in [5, 5.41) is 0.407. The lowest BCUT2D eigenvalue weighted by atomic mass is 9.70. The van der Waals surface area contributed by atoms with Crippen LogP contribution in [0.25, 0.3) is 0 Å². The van der Waals surface area contributed by atoms with E-state index in [0.29, 0.717) is 29.3 Å². The standard InChI is InChI=1S/C17H22ClNO4S/c1-16(2)11-6-7-17(16,15(20)8-11)10-24(21,22)19-13-9-12(18)4-5-14(13)23-3/h4-5,9,11,19H,6-8,10H2,1-3H3/t11-,17+/m0/s1. The number of sulfonamides is 1. The van der Waals surface area contributed by atoms with Crippen molar-refractivity contribution in [1.29, 1.82) is 0 Å². The maximum absolute atomic E-state index is 12.8. The molecule has 7 heteroatoms. The van der Waals surface area contributed by atoms with Crippen molar-refractivity contribution in [3.63, 3.8) is 0 Å². The van der Waals surface area contributed by atoms with Crippen LogP contribution in [0.4, 0.5) is 5.69 Å². The summed E-state index contributed by atoms with van der Waals surface area (Å²) in [7, 11) is -2.26. The smallest absolute Gasteiger partial charge is 0.233 e. The number of benzene rings is 1. The molecule has 0 aliphatic heterocycles. The largest absolute Gasteiger partial charge is 0.495 e. The van der Waals surface area contributed by atoms with Crippen LogP contribution >= 0.6 is 11.6 Å². The molecule has 3 rings (SSSR count). The Morgan fingerprint density at radius 3 is 2.62 bits per heavy atom. The zero-order valence-corrected chi connectivity index (χ0v) is 15.6. The number of ketones is 1. The molecule has 0 radical (unpaired) electrons. The first-order valence-electron chi connectivity index (χ1n) is 7.99. The summed E-state index contributed by atoms with van der Waals surface area (Å²) in [5.41, 5.74) is -0.800. The van der Waals surface area contributed by atoms with E-state index in [2.05, 4.69) is 4.72 Å². The summed E-state index contributed by atoms with van der Waals surface area (Å²) in [4.78, 5) is 12.5. The molecule has 5 nitrogen and oxygen atoms in total. The molecule has 132 valence electrons. The normalized spacial score (nSPS) is 28.2. The molecule has 2 aliphatic rings. The molecular weight excluding hydrogens is 350 g/mol. The van der Waals surface area contributed by atoms with Gasteiger partial charge in [0.15, 0.2) is 0 Å². The highest BCUT2D eigenvalue weighted by Gasteiger charge is 2.65. The highest BCUT2D eigenvalue weighted by atomic mass is 35.5.